The number of carbonyl (C=O) groups excluding carboxylic acids is 2. The molecule has 2 amide bonds. The summed E-state index contributed by atoms with van der Waals surface area (Å²) in [6, 6.07) is 12.1. The Hall–Kier alpha value is -2.40. The highest BCUT2D eigenvalue weighted by Gasteiger charge is 2.34. The molecule has 1 saturated heterocycles. The summed E-state index contributed by atoms with van der Waals surface area (Å²) in [5.41, 5.74) is 2.13. The van der Waals surface area contributed by atoms with E-state index in [0.717, 1.165) is 30.5 Å². The van der Waals surface area contributed by atoms with Crippen molar-refractivity contribution in [2.75, 3.05) is 6.54 Å². The molecular formula is C21H22N2O2S. The largest absolute Gasteiger partial charge is 0.335 e. The summed E-state index contributed by atoms with van der Waals surface area (Å²) in [5, 5.41) is 2.07. The number of carbonyl (C=O) groups is 2. The zero-order valence-electron chi connectivity index (χ0n) is 14.8. The van der Waals surface area contributed by atoms with Gasteiger partial charge in [-0.2, -0.15) is 0 Å². The predicted molar refractivity (Wildman–Crippen MR) is 103 cm³/mol. The number of likely N-dealkylation sites (tertiary alicyclic amines) is 1. The third-order valence-corrected chi connectivity index (χ3v) is 6.26. The number of hydrogen-bond acceptors (Lipinski definition) is 3. The van der Waals surface area contributed by atoms with E-state index in [2.05, 4.69) is 11.4 Å². The normalized spacial score (nSPS) is 21.7. The lowest BCUT2D eigenvalue weighted by molar-refractivity contribution is -0.135. The van der Waals surface area contributed by atoms with E-state index in [-0.39, 0.29) is 23.9 Å². The highest BCUT2D eigenvalue weighted by molar-refractivity contribution is 7.10. The molecule has 134 valence electrons. The average molecular weight is 366 g/mol. The lowest BCUT2D eigenvalue weighted by Crippen LogP contribution is -2.37. The quantitative estimate of drug-likeness (QED) is 0.809. The van der Waals surface area contributed by atoms with Crippen molar-refractivity contribution in [3.8, 4) is 0 Å². The summed E-state index contributed by atoms with van der Waals surface area (Å²) >= 11 is 1.71. The number of fused-ring (bicyclic) bond motifs is 1. The molecular weight excluding hydrogens is 344 g/mol. The minimum absolute atomic E-state index is 0.0372. The fourth-order valence-electron chi connectivity index (χ4n) is 4.04. The first-order chi connectivity index (χ1) is 12.6. The van der Waals surface area contributed by atoms with Crippen LogP contribution in [0.5, 0.6) is 0 Å². The lowest BCUT2D eigenvalue weighted by Gasteiger charge is -2.34. The van der Waals surface area contributed by atoms with E-state index >= 15 is 0 Å². The SMILES string of the molecule is CC(=O)N1C=Cc2ccccc2C1CC(=O)N1CCCC1c1cccs1. The number of amides is 2. The molecule has 0 saturated carbocycles. The van der Waals surface area contributed by atoms with Crippen LogP contribution in [0.15, 0.2) is 48.0 Å². The Morgan fingerprint density at radius 3 is 2.81 bits per heavy atom. The van der Waals surface area contributed by atoms with Crippen LogP contribution in [-0.4, -0.2) is 28.2 Å². The van der Waals surface area contributed by atoms with Crippen LogP contribution in [0.2, 0.25) is 0 Å². The maximum Gasteiger partial charge on any atom is 0.225 e. The summed E-state index contributed by atoms with van der Waals surface area (Å²) in [7, 11) is 0. The Kier molecular flexibility index (Phi) is 4.64. The van der Waals surface area contributed by atoms with Gasteiger partial charge in [-0.25, -0.2) is 0 Å². The molecule has 1 aromatic carbocycles. The van der Waals surface area contributed by atoms with E-state index in [9.17, 15) is 9.59 Å². The van der Waals surface area contributed by atoms with Crippen LogP contribution in [-0.2, 0) is 9.59 Å². The van der Waals surface area contributed by atoms with Crippen LogP contribution >= 0.6 is 11.3 Å². The molecule has 4 rings (SSSR count). The molecule has 2 aliphatic rings. The Bertz CT molecular complexity index is 843. The van der Waals surface area contributed by atoms with Crippen molar-refractivity contribution in [3.05, 3.63) is 64.0 Å². The minimum Gasteiger partial charge on any atom is -0.335 e. The first-order valence-corrected chi connectivity index (χ1v) is 9.92. The Morgan fingerprint density at radius 1 is 1.19 bits per heavy atom. The summed E-state index contributed by atoms with van der Waals surface area (Å²) in [6.45, 7) is 2.35. The van der Waals surface area contributed by atoms with Crippen LogP contribution in [0.4, 0.5) is 0 Å². The molecule has 0 aliphatic carbocycles. The van der Waals surface area contributed by atoms with Gasteiger partial charge >= 0.3 is 0 Å². The van der Waals surface area contributed by atoms with E-state index in [0.29, 0.717) is 6.42 Å². The molecule has 2 aliphatic heterocycles. The fraction of sp³-hybridized carbons (Fsp3) is 0.333. The third-order valence-electron chi connectivity index (χ3n) is 5.28. The van der Waals surface area contributed by atoms with E-state index in [1.165, 1.54) is 4.88 Å². The topological polar surface area (TPSA) is 40.6 Å². The van der Waals surface area contributed by atoms with Crippen LogP contribution < -0.4 is 0 Å². The van der Waals surface area contributed by atoms with Crippen LogP contribution in [0.3, 0.4) is 0 Å². The maximum atomic E-state index is 13.2. The smallest absolute Gasteiger partial charge is 0.225 e. The van der Waals surface area contributed by atoms with Gasteiger partial charge in [0.25, 0.3) is 0 Å². The van der Waals surface area contributed by atoms with Gasteiger partial charge in [0.05, 0.1) is 18.5 Å². The molecule has 2 aromatic rings. The second kappa shape index (κ2) is 7.08. The first-order valence-electron chi connectivity index (χ1n) is 9.04. The second-order valence-electron chi connectivity index (χ2n) is 6.85. The first kappa shape index (κ1) is 17.0. The van der Waals surface area contributed by atoms with Gasteiger partial charge in [-0.3, -0.25) is 9.59 Å². The molecule has 0 N–H and O–H groups in total. The second-order valence-corrected chi connectivity index (χ2v) is 7.83. The molecule has 5 heteroatoms. The molecule has 0 spiro atoms. The zero-order valence-corrected chi connectivity index (χ0v) is 15.6. The molecule has 4 nitrogen and oxygen atoms in total. The lowest BCUT2D eigenvalue weighted by atomic mass is 9.93. The van der Waals surface area contributed by atoms with E-state index < -0.39 is 0 Å². The molecule has 0 bridgehead atoms. The van der Waals surface area contributed by atoms with Crippen molar-refractivity contribution in [1.29, 1.82) is 0 Å². The summed E-state index contributed by atoms with van der Waals surface area (Å²) in [5.74, 6) is 0.0898. The Balaban J connectivity index is 1.59. The van der Waals surface area contributed by atoms with Gasteiger partial charge in [0, 0.05) is 24.5 Å². The number of benzene rings is 1. The van der Waals surface area contributed by atoms with Gasteiger partial charge in [0.2, 0.25) is 11.8 Å². The average Bonchev–Trinajstić information content (AvgIpc) is 3.32. The summed E-state index contributed by atoms with van der Waals surface area (Å²) in [4.78, 5) is 30.2. The number of thiophene rings is 1. The number of rotatable bonds is 3. The number of nitrogens with zero attached hydrogens (tertiary/aromatic N) is 2. The molecule has 0 radical (unpaired) electrons. The summed E-state index contributed by atoms with van der Waals surface area (Å²) in [6.07, 6.45) is 6.13. The monoisotopic (exact) mass is 366 g/mol. The highest BCUT2D eigenvalue weighted by Crippen LogP contribution is 2.38. The van der Waals surface area contributed by atoms with Gasteiger partial charge in [0.15, 0.2) is 0 Å². The molecule has 2 atom stereocenters. The van der Waals surface area contributed by atoms with Crippen LogP contribution in [0.25, 0.3) is 6.08 Å². The van der Waals surface area contributed by atoms with Crippen molar-refractivity contribution in [2.45, 2.75) is 38.3 Å². The van der Waals surface area contributed by atoms with Gasteiger partial charge in [-0.15, -0.1) is 11.3 Å². The van der Waals surface area contributed by atoms with Crippen LogP contribution in [0, 0.1) is 0 Å². The summed E-state index contributed by atoms with van der Waals surface area (Å²) < 4.78 is 0. The molecule has 3 heterocycles. The molecule has 1 aromatic heterocycles. The van der Waals surface area contributed by atoms with Gasteiger partial charge in [0.1, 0.15) is 0 Å². The minimum atomic E-state index is -0.231. The predicted octanol–water partition coefficient (Wildman–Crippen LogP) is 4.38. The van der Waals surface area contributed by atoms with E-state index in [4.69, 9.17) is 0 Å². The highest BCUT2D eigenvalue weighted by atomic mass is 32.1. The van der Waals surface area contributed by atoms with Gasteiger partial charge < -0.3 is 9.80 Å². The van der Waals surface area contributed by atoms with E-state index in [1.54, 1.807) is 23.2 Å². The van der Waals surface area contributed by atoms with Crippen molar-refractivity contribution in [2.24, 2.45) is 0 Å². The Morgan fingerprint density at radius 2 is 2.04 bits per heavy atom. The third kappa shape index (κ3) is 3.07. The Labute approximate surface area is 157 Å². The van der Waals surface area contributed by atoms with Crippen molar-refractivity contribution >= 4 is 29.2 Å². The fourth-order valence-corrected chi connectivity index (χ4v) is 4.91. The van der Waals surface area contributed by atoms with Crippen molar-refractivity contribution in [3.63, 3.8) is 0 Å². The molecule has 2 unspecified atom stereocenters. The van der Waals surface area contributed by atoms with Gasteiger partial charge in [-0.1, -0.05) is 30.3 Å². The number of hydrogen-bond donors (Lipinski definition) is 0. The standard InChI is InChI=1S/C21H22N2O2S/c1-15(24)22-12-10-16-6-2-3-7-17(16)19(22)14-21(25)23-11-4-8-18(23)20-9-5-13-26-20/h2-3,5-7,9-10,12-13,18-19H,4,8,11,14H2,1H3. The molecule has 26 heavy (non-hydrogen) atoms. The maximum absolute atomic E-state index is 13.2. The van der Waals surface area contributed by atoms with E-state index in [1.807, 2.05) is 47.5 Å². The van der Waals surface area contributed by atoms with Crippen LogP contribution in [0.1, 0.15) is 54.3 Å². The molecule has 1 fully saturated rings. The van der Waals surface area contributed by atoms with Crippen molar-refractivity contribution in [1.82, 2.24) is 9.80 Å². The van der Waals surface area contributed by atoms with Crippen molar-refractivity contribution < 1.29 is 9.59 Å². The zero-order chi connectivity index (χ0) is 18.1. The van der Waals surface area contributed by atoms with Gasteiger partial charge in [-0.05, 0) is 41.5 Å².